The molecule has 4 heterocycles. The lowest BCUT2D eigenvalue weighted by Crippen LogP contribution is -2.44. The topological polar surface area (TPSA) is 81.3 Å². The van der Waals surface area contributed by atoms with E-state index in [0.717, 1.165) is 68.8 Å². The Bertz CT molecular complexity index is 1000. The Labute approximate surface area is 187 Å². The number of nitrogens with one attached hydrogen (secondary N) is 2. The van der Waals surface area contributed by atoms with Gasteiger partial charge in [-0.1, -0.05) is 24.6 Å². The number of hydrogen-bond acceptors (Lipinski definition) is 5. The molecule has 8 heteroatoms. The number of likely N-dealkylation sites (tertiary alicyclic amines) is 1. The molecule has 0 radical (unpaired) electrons. The number of hydrogen-bond donors (Lipinski definition) is 2. The summed E-state index contributed by atoms with van der Waals surface area (Å²) < 4.78 is 0. The third kappa shape index (κ3) is 4.62. The molecule has 0 spiro atoms. The van der Waals surface area contributed by atoms with Crippen molar-refractivity contribution in [3.05, 3.63) is 56.7 Å². The van der Waals surface area contributed by atoms with Crippen LogP contribution >= 0.6 is 11.6 Å². The molecule has 0 saturated carbocycles. The Hall–Kier alpha value is -2.38. The van der Waals surface area contributed by atoms with Crippen LogP contribution in [-0.2, 0) is 6.42 Å². The van der Waals surface area contributed by atoms with E-state index in [0.29, 0.717) is 22.7 Å². The maximum atomic E-state index is 12.2. The SMILES string of the molecule is CCc1ccc(C2CCN(C3CCN(c4cnc(C(=O)NC)cc4Cl)CC3)C2)[nH]c1=O. The van der Waals surface area contributed by atoms with Crippen LogP contribution < -0.4 is 15.8 Å². The highest BCUT2D eigenvalue weighted by atomic mass is 35.5. The Balaban J connectivity index is 1.35. The van der Waals surface area contributed by atoms with Crippen LogP contribution in [-0.4, -0.2) is 60.0 Å². The molecule has 1 unspecified atom stereocenters. The summed E-state index contributed by atoms with van der Waals surface area (Å²) in [5, 5.41) is 3.13. The fraction of sp³-hybridized carbons (Fsp3) is 0.522. The van der Waals surface area contributed by atoms with Gasteiger partial charge in [-0.3, -0.25) is 14.5 Å². The van der Waals surface area contributed by atoms with E-state index in [9.17, 15) is 9.59 Å². The number of nitrogens with zero attached hydrogens (tertiary/aromatic N) is 3. The number of aryl methyl sites for hydroxylation is 1. The van der Waals surface area contributed by atoms with Crippen molar-refractivity contribution in [2.75, 3.05) is 38.1 Å². The predicted molar refractivity (Wildman–Crippen MR) is 123 cm³/mol. The molecule has 166 valence electrons. The Morgan fingerprint density at radius 2 is 2.03 bits per heavy atom. The van der Waals surface area contributed by atoms with Gasteiger partial charge in [-0.05, 0) is 44.4 Å². The van der Waals surface area contributed by atoms with Gasteiger partial charge in [-0.25, -0.2) is 4.98 Å². The van der Waals surface area contributed by atoms with Crippen molar-refractivity contribution in [3.63, 3.8) is 0 Å². The van der Waals surface area contributed by atoms with E-state index < -0.39 is 0 Å². The molecule has 2 aromatic heterocycles. The minimum Gasteiger partial charge on any atom is -0.369 e. The summed E-state index contributed by atoms with van der Waals surface area (Å²) in [6.07, 6.45) is 5.67. The lowest BCUT2D eigenvalue weighted by molar-refractivity contribution is 0.0958. The fourth-order valence-electron chi connectivity index (χ4n) is 4.79. The molecule has 7 nitrogen and oxygen atoms in total. The second-order valence-corrected chi connectivity index (χ2v) is 8.83. The molecule has 0 aromatic carbocycles. The van der Waals surface area contributed by atoms with Crippen molar-refractivity contribution in [1.29, 1.82) is 0 Å². The van der Waals surface area contributed by atoms with Gasteiger partial charge >= 0.3 is 0 Å². The van der Waals surface area contributed by atoms with Gasteiger partial charge in [0.1, 0.15) is 5.69 Å². The van der Waals surface area contributed by atoms with Gasteiger partial charge in [0.2, 0.25) is 0 Å². The Morgan fingerprint density at radius 1 is 1.26 bits per heavy atom. The van der Waals surface area contributed by atoms with Gasteiger partial charge in [0.15, 0.2) is 0 Å². The maximum absolute atomic E-state index is 12.2. The molecule has 2 aliphatic rings. The first-order chi connectivity index (χ1) is 15.0. The van der Waals surface area contributed by atoms with Gasteiger partial charge in [0, 0.05) is 49.9 Å². The molecular weight excluding hydrogens is 414 g/mol. The Kier molecular flexibility index (Phi) is 6.62. The first kappa shape index (κ1) is 21.8. The van der Waals surface area contributed by atoms with Crippen LogP contribution in [0.2, 0.25) is 5.02 Å². The molecule has 31 heavy (non-hydrogen) atoms. The fourth-order valence-corrected chi connectivity index (χ4v) is 5.06. The van der Waals surface area contributed by atoms with Crippen LogP contribution in [0.25, 0.3) is 0 Å². The second-order valence-electron chi connectivity index (χ2n) is 8.42. The normalized spacial score (nSPS) is 20.2. The first-order valence-corrected chi connectivity index (χ1v) is 11.5. The zero-order valence-electron chi connectivity index (χ0n) is 18.2. The van der Waals surface area contributed by atoms with E-state index in [2.05, 4.69) is 31.2 Å². The summed E-state index contributed by atoms with van der Waals surface area (Å²) in [5.74, 6) is 0.161. The monoisotopic (exact) mass is 443 g/mol. The van der Waals surface area contributed by atoms with E-state index in [1.54, 1.807) is 19.3 Å². The lowest BCUT2D eigenvalue weighted by atomic mass is 10.0. The quantitative estimate of drug-likeness (QED) is 0.742. The van der Waals surface area contributed by atoms with Crippen LogP contribution in [0.1, 0.15) is 53.8 Å². The number of aromatic amines is 1. The van der Waals surface area contributed by atoms with Crippen molar-refractivity contribution in [1.82, 2.24) is 20.2 Å². The molecule has 2 fully saturated rings. The number of rotatable bonds is 5. The van der Waals surface area contributed by atoms with Gasteiger partial charge in [0.25, 0.3) is 11.5 Å². The summed E-state index contributed by atoms with van der Waals surface area (Å²) >= 11 is 6.45. The van der Waals surface area contributed by atoms with Gasteiger partial charge in [0.05, 0.1) is 16.9 Å². The largest absolute Gasteiger partial charge is 0.369 e. The van der Waals surface area contributed by atoms with Crippen molar-refractivity contribution in [3.8, 4) is 0 Å². The highest BCUT2D eigenvalue weighted by molar-refractivity contribution is 6.33. The van der Waals surface area contributed by atoms with Crippen molar-refractivity contribution < 1.29 is 4.79 Å². The van der Waals surface area contributed by atoms with E-state index in [1.807, 2.05) is 13.0 Å². The maximum Gasteiger partial charge on any atom is 0.269 e. The number of amides is 1. The third-order valence-electron chi connectivity index (χ3n) is 6.67. The first-order valence-electron chi connectivity index (χ1n) is 11.1. The molecule has 0 aliphatic carbocycles. The highest BCUT2D eigenvalue weighted by Crippen LogP contribution is 2.32. The minimum atomic E-state index is -0.235. The van der Waals surface area contributed by atoms with Crippen LogP contribution in [0.15, 0.2) is 29.2 Å². The zero-order valence-corrected chi connectivity index (χ0v) is 18.9. The second kappa shape index (κ2) is 9.40. The molecule has 1 atom stereocenters. The number of piperidine rings is 1. The van der Waals surface area contributed by atoms with Gasteiger partial charge in [-0.15, -0.1) is 0 Å². The van der Waals surface area contributed by atoms with Crippen molar-refractivity contribution >= 4 is 23.2 Å². The van der Waals surface area contributed by atoms with Crippen LogP contribution in [0.3, 0.4) is 0 Å². The van der Waals surface area contributed by atoms with E-state index >= 15 is 0 Å². The average molecular weight is 444 g/mol. The molecule has 1 amide bonds. The zero-order chi connectivity index (χ0) is 22.0. The summed E-state index contributed by atoms with van der Waals surface area (Å²) in [4.78, 5) is 36.1. The van der Waals surface area contributed by atoms with Crippen LogP contribution in [0.4, 0.5) is 5.69 Å². The highest BCUT2D eigenvalue weighted by Gasteiger charge is 2.32. The average Bonchev–Trinajstić information content (AvgIpc) is 3.29. The minimum absolute atomic E-state index is 0.0553. The van der Waals surface area contributed by atoms with E-state index in [1.165, 1.54) is 0 Å². The van der Waals surface area contributed by atoms with E-state index in [-0.39, 0.29) is 11.5 Å². The summed E-state index contributed by atoms with van der Waals surface area (Å²) in [6, 6.07) is 6.24. The number of carbonyl (C=O) groups excluding carboxylic acids is 1. The van der Waals surface area contributed by atoms with Crippen molar-refractivity contribution in [2.45, 2.75) is 44.6 Å². The number of carbonyl (C=O) groups is 1. The van der Waals surface area contributed by atoms with Gasteiger partial charge < -0.3 is 15.2 Å². The Morgan fingerprint density at radius 3 is 2.68 bits per heavy atom. The number of anilines is 1. The molecule has 2 aliphatic heterocycles. The lowest BCUT2D eigenvalue weighted by Gasteiger charge is -2.38. The standard InChI is InChI=1S/C23H30ClN5O2/c1-3-15-4-5-19(27-22(15)30)16-6-9-29(14-16)17-7-10-28(11-8-17)21-13-26-20(12-18(21)24)23(31)25-2/h4-5,12-13,16-17H,3,6-11,14H2,1-2H3,(H,25,31)(H,27,30). The summed E-state index contributed by atoms with van der Waals surface area (Å²) in [7, 11) is 1.58. The molecule has 4 rings (SSSR count). The summed E-state index contributed by atoms with van der Waals surface area (Å²) in [6.45, 7) is 5.89. The molecular formula is C23H30ClN5O2. The van der Waals surface area contributed by atoms with Crippen LogP contribution in [0.5, 0.6) is 0 Å². The molecule has 2 N–H and O–H groups in total. The third-order valence-corrected chi connectivity index (χ3v) is 6.97. The number of halogens is 1. The predicted octanol–water partition coefficient (Wildman–Crippen LogP) is 2.80. The molecule has 0 bridgehead atoms. The molecule has 2 saturated heterocycles. The number of H-pyrrole nitrogens is 1. The van der Waals surface area contributed by atoms with E-state index in [4.69, 9.17) is 11.6 Å². The number of pyridine rings is 2. The van der Waals surface area contributed by atoms with Crippen molar-refractivity contribution in [2.24, 2.45) is 0 Å². The van der Waals surface area contributed by atoms with Gasteiger partial charge in [-0.2, -0.15) is 0 Å². The number of aromatic nitrogens is 2. The summed E-state index contributed by atoms with van der Waals surface area (Å²) in [5.41, 5.74) is 3.19. The smallest absolute Gasteiger partial charge is 0.269 e. The molecule has 2 aromatic rings. The van der Waals surface area contributed by atoms with Crippen LogP contribution in [0, 0.1) is 0 Å².